The van der Waals surface area contributed by atoms with Crippen molar-refractivity contribution in [2.45, 2.75) is 25.0 Å². The first kappa shape index (κ1) is 24.1. The Kier molecular flexibility index (Phi) is 6.98. The fourth-order valence-corrected chi connectivity index (χ4v) is 6.59. The lowest BCUT2D eigenvalue weighted by Crippen LogP contribution is -2.30. The van der Waals surface area contributed by atoms with Gasteiger partial charge in [-0.3, -0.25) is 19.1 Å². The highest BCUT2D eigenvalue weighted by Crippen LogP contribution is 2.34. The number of methoxy groups -OCH3 is 1. The maximum absolute atomic E-state index is 13.9. The number of thioether (sulfide) groups is 1. The summed E-state index contributed by atoms with van der Waals surface area (Å²) in [6.07, 6.45) is 0.838. The Morgan fingerprint density at radius 1 is 1.17 bits per heavy atom. The zero-order chi connectivity index (χ0) is 24.5. The highest BCUT2D eigenvalue weighted by molar-refractivity contribution is 7.99. The first-order chi connectivity index (χ1) is 17.0. The zero-order valence-electron chi connectivity index (χ0n) is 19.4. The van der Waals surface area contributed by atoms with Crippen LogP contribution in [0.2, 0.25) is 5.02 Å². The van der Waals surface area contributed by atoms with Crippen LogP contribution in [-0.2, 0) is 13.0 Å². The van der Waals surface area contributed by atoms with Gasteiger partial charge in [0, 0.05) is 28.6 Å². The Morgan fingerprint density at radius 3 is 2.60 bits per heavy atom. The summed E-state index contributed by atoms with van der Waals surface area (Å²) in [7, 11) is 1.61. The normalized spacial score (nSPS) is 13.7. The standard InChI is InChI=1S/C26H24ClN3O3S2/c1-3-29-13-12-20-22(14-29)35-24-23(20)25(32)30(18-8-10-19(33-2)11-9-18)26(28-24)34-15-21(31)16-4-6-17(27)7-5-16/h4-11H,3,12-15H2,1-2H3. The minimum absolute atomic E-state index is 0.0497. The molecule has 0 spiro atoms. The number of hydrogen-bond acceptors (Lipinski definition) is 7. The van der Waals surface area contributed by atoms with E-state index in [1.807, 2.05) is 24.3 Å². The smallest absolute Gasteiger partial charge is 0.267 e. The Balaban J connectivity index is 1.58. The topological polar surface area (TPSA) is 64.4 Å². The number of halogens is 1. The number of thiophene rings is 1. The maximum atomic E-state index is 13.9. The van der Waals surface area contributed by atoms with Crippen LogP contribution < -0.4 is 10.3 Å². The second-order valence-electron chi connectivity index (χ2n) is 8.25. The molecule has 0 aliphatic carbocycles. The Morgan fingerprint density at radius 2 is 1.91 bits per heavy atom. The zero-order valence-corrected chi connectivity index (χ0v) is 21.8. The van der Waals surface area contributed by atoms with Gasteiger partial charge >= 0.3 is 0 Å². The van der Waals surface area contributed by atoms with Crippen LogP contribution in [0.4, 0.5) is 0 Å². The van der Waals surface area contributed by atoms with E-state index >= 15 is 0 Å². The summed E-state index contributed by atoms with van der Waals surface area (Å²) in [5.74, 6) is 0.812. The second kappa shape index (κ2) is 10.1. The van der Waals surface area contributed by atoms with Crippen molar-refractivity contribution in [1.82, 2.24) is 14.5 Å². The molecule has 6 nitrogen and oxygen atoms in total. The number of carbonyl (C=O) groups is 1. The van der Waals surface area contributed by atoms with Crippen molar-refractivity contribution in [3.05, 3.63) is 79.9 Å². The molecule has 0 radical (unpaired) electrons. The van der Waals surface area contributed by atoms with Crippen LogP contribution in [0.5, 0.6) is 5.75 Å². The summed E-state index contributed by atoms with van der Waals surface area (Å²) in [4.78, 5) is 36.0. The number of Topliss-reactive ketones (excluding diaryl/α,β-unsaturated/α-hetero) is 1. The number of nitrogens with zero attached hydrogens (tertiary/aromatic N) is 3. The van der Waals surface area contributed by atoms with Gasteiger partial charge in [0.05, 0.1) is 23.9 Å². The lowest BCUT2D eigenvalue weighted by molar-refractivity contribution is 0.102. The van der Waals surface area contributed by atoms with Gasteiger partial charge in [-0.15, -0.1) is 11.3 Å². The number of ketones is 1. The minimum Gasteiger partial charge on any atom is -0.497 e. The molecule has 0 atom stereocenters. The third kappa shape index (κ3) is 4.76. The van der Waals surface area contributed by atoms with Gasteiger partial charge in [0.25, 0.3) is 5.56 Å². The molecule has 1 aliphatic rings. The molecule has 1 aliphatic heterocycles. The average molecular weight is 526 g/mol. The van der Waals surface area contributed by atoms with E-state index in [4.69, 9.17) is 21.3 Å². The van der Waals surface area contributed by atoms with Gasteiger partial charge in [0.1, 0.15) is 10.6 Å². The summed E-state index contributed by atoms with van der Waals surface area (Å²) in [6, 6.07) is 14.2. The van der Waals surface area contributed by atoms with Crippen LogP contribution in [0.3, 0.4) is 0 Å². The van der Waals surface area contributed by atoms with E-state index in [1.165, 1.54) is 16.6 Å². The first-order valence-electron chi connectivity index (χ1n) is 11.3. The average Bonchev–Trinajstić information content (AvgIpc) is 3.25. The van der Waals surface area contributed by atoms with Gasteiger partial charge in [-0.05, 0) is 67.1 Å². The van der Waals surface area contributed by atoms with Crippen LogP contribution in [0.15, 0.2) is 58.5 Å². The molecule has 180 valence electrons. The third-order valence-corrected chi connectivity index (χ3v) is 8.50. The molecular formula is C26H24ClN3O3S2. The predicted octanol–water partition coefficient (Wildman–Crippen LogP) is 5.46. The summed E-state index contributed by atoms with van der Waals surface area (Å²) >= 11 is 8.82. The summed E-state index contributed by atoms with van der Waals surface area (Å²) in [5.41, 5.74) is 2.29. The van der Waals surface area contributed by atoms with E-state index in [0.717, 1.165) is 36.4 Å². The highest BCUT2D eigenvalue weighted by atomic mass is 35.5. The lowest BCUT2D eigenvalue weighted by Gasteiger charge is -2.25. The van der Waals surface area contributed by atoms with Crippen molar-refractivity contribution in [1.29, 1.82) is 0 Å². The Labute approximate surface area is 216 Å². The van der Waals surface area contributed by atoms with Gasteiger partial charge in [0.15, 0.2) is 10.9 Å². The molecule has 5 rings (SSSR count). The van der Waals surface area contributed by atoms with E-state index < -0.39 is 0 Å². The SMILES string of the molecule is CCN1CCc2c(sc3nc(SCC(=O)c4ccc(Cl)cc4)n(-c4ccc(OC)cc4)c(=O)c23)C1. The number of carbonyl (C=O) groups excluding carboxylic acids is 1. The van der Waals surface area contributed by atoms with E-state index in [0.29, 0.717) is 32.6 Å². The largest absolute Gasteiger partial charge is 0.497 e. The number of rotatable bonds is 7. The van der Waals surface area contributed by atoms with Crippen molar-refractivity contribution >= 4 is 50.7 Å². The van der Waals surface area contributed by atoms with Crippen LogP contribution in [0, 0.1) is 0 Å². The fourth-order valence-electron chi connectivity index (χ4n) is 4.25. The van der Waals surface area contributed by atoms with E-state index in [-0.39, 0.29) is 17.1 Å². The summed E-state index contributed by atoms with van der Waals surface area (Å²) < 4.78 is 6.92. The predicted molar refractivity (Wildman–Crippen MR) is 143 cm³/mol. The molecule has 9 heteroatoms. The number of ether oxygens (including phenoxy) is 1. The van der Waals surface area contributed by atoms with Gasteiger partial charge in [-0.1, -0.05) is 30.3 Å². The molecule has 0 saturated carbocycles. The molecule has 0 amide bonds. The van der Waals surface area contributed by atoms with E-state index in [2.05, 4.69) is 11.8 Å². The van der Waals surface area contributed by atoms with Gasteiger partial charge in [-0.2, -0.15) is 0 Å². The number of fused-ring (bicyclic) bond motifs is 3. The third-order valence-electron chi connectivity index (χ3n) is 6.20. The molecular weight excluding hydrogens is 502 g/mol. The number of likely N-dealkylation sites (N-methyl/N-ethyl adjacent to an activating group) is 1. The molecule has 0 unspecified atom stereocenters. The van der Waals surface area contributed by atoms with Crippen LogP contribution in [0.1, 0.15) is 27.7 Å². The molecule has 35 heavy (non-hydrogen) atoms. The number of benzene rings is 2. The molecule has 0 saturated heterocycles. The van der Waals surface area contributed by atoms with Gasteiger partial charge < -0.3 is 4.74 Å². The minimum atomic E-state index is -0.0935. The summed E-state index contributed by atoms with van der Waals surface area (Å²) in [6.45, 7) is 4.90. The van der Waals surface area contributed by atoms with Crippen LogP contribution in [-0.4, -0.2) is 46.2 Å². The maximum Gasteiger partial charge on any atom is 0.267 e. The number of hydrogen-bond donors (Lipinski definition) is 0. The highest BCUT2D eigenvalue weighted by Gasteiger charge is 2.25. The quantitative estimate of drug-likeness (QED) is 0.181. The fraction of sp³-hybridized carbons (Fsp3) is 0.269. The summed E-state index contributed by atoms with van der Waals surface area (Å²) in [5, 5.41) is 1.78. The van der Waals surface area contributed by atoms with Crippen molar-refractivity contribution in [2.75, 3.05) is 26.0 Å². The second-order valence-corrected chi connectivity index (χ2v) is 10.7. The van der Waals surface area contributed by atoms with Crippen LogP contribution >= 0.6 is 34.7 Å². The molecule has 2 aromatic heterocycles. The molecule has 3 heterocycles. The monoisotopic (exact) mass is 525 g/mol. The van der Waals surface area contributed by atoms with Gasteiger partial charge in [0.2, 0.25) is 0 Å². The Bertz CT molecular complexity index is 1450. The van der Waals surface area contributed by atoms with Gasteiger partial charge in [-0.25, -0.2) is 4.98 Å². The molecule has 2 aromatic carbocycles. The van der Waals surface area contributed by atoms with E-state index in [9.17, 15) is 9.59 Å². The van der Waals surface area contributed by atoms with Crippen molar-refractivity contribution in [2.24, 2.45) is 0 Å². The Hall–Kier alpha value is -2.65. The van der Waals surface area contributed by atoms with Crippen molar-refractivity contribution in [3.8, 4) is 11.4 Å². The van der Waals surface area contributed by atoms with Crippen molar-refractivity contribution in [3.63, 3.8) is 0 Å². The first-order valence-corrected chi connectivity index (χ1v) is 13.5. The molecule has 0 bridgehead atoms. The molecule has 0 N–H and O–H groups in total. The van der Waals surface area contributed by atoms with E-state index in [1.54, 1.807) is 47.3 Å². The lowest BCUT2D eigenvalue weighted by atomic mass is 10.1. The molecule has 4 aromatic rings. The molecule has 0 fully saturated rings. The van der Waals surface area contributed by atoms with Crippen LogP contribution in [0.25, 0.3) is 15.9 Å². The number of aromatic nitrogens is 2. The van der Waals surface area contributed by atoms with Crippen molar-refractivity contribution < 1.29 is 9.53 Å².